The highest BCUT2D eigenvalue weighted by molar-refractivity contribution is 5.78. The number of nitrogens with one attached hydrogen (secondary N) is 1. The number of nitrogens with zero attached hydrogens (tertiary/aromatic N) is 1. The second kappa shape index (κ2) is 6.07. The van der Waals surface area contributed by atoms with Crippen LogP contribution in [-0.2, 0) is 9.59 Å². The Morgan fingerprint density at radius 3 is 2.40 bits per heavy atom. The van der Waals surface area contributed by atoms with E-state index in [2.05, 4.69) is 10.5 Å². The van der Waals surface area contributed by atoms with Crippen molar-refractivity contribution in [3.8, 4) is 0 Å². The number of amides is 1. The van der Waals surface area contributed by atoms with Crippen molar-refractivity contribution in [1.82, 2.24) is 10.5 Å². The van der Waals surface area contributed by atoms with Gasteiger partial charge in [-0.1, -0.05) is 19.0 Å². The molecule has 1 rings (SSSR count). The van der Waals surface area contributed by atoms with Gasteiger partial charge in [0.05, 0.1) is 18.2 Å². The first kappa shape index (κ1) is 16.2. The van der Waals surface area contributed by atoms with Crippen molar-refractivity contribution in [2.45, 2.75) is 53.5 Å². The largest absolute Gasteiger partial charge is 0.481 e. The standard InChI is InChI=1S/C14H22N2O4/c1-8(13-9(2)16-20-10(13)3)15-11(17)6-14(4,5)7-12(18)19/h8H,6-7H2,1-5H3,(H,15,17)(H,18,19). The highest BCUT2D eigenvalue weighted by Gasteiger charge is 2.26. The summed E-state index contributed by atoms with van der Waals surface area (Å²) in [6.07, 6.45) is 0.118. The lowest BCUT2D eigenvalue weighted by atomic mass is 9.85. The Bertz CT molecular complexity index is 486. The van der Waals surface area contributed by atoms with Gasteiger partial charge in [0, 0.05) is 12.0 Å². The number of carboxylic acids is 1. The molecule has 0 aliphatic rings. The lowest BCUT2D eigenvalue weighted by Gasteiger charge is -2.23. The first-order valence-corrected chi connectivity index (χ1v) is 6.56. The maximum Gasteiger partial charge on any atom is 0.303 e. The van der Waals surface area contributed by atoms with Crippen LogP contribution in [0.2, 0.25) is 0 Å². The van der Waals surface area contributed by atoms with Gasteiger partial charge in [-0.25, -0.2) is 0 Å². The number of carbonyl (C=O) groups excluding carboxylic acids is 1. The van der Waals surface area contributed by atoms with Gasteiger partial charge >= 0.3 is 5.97 Å². The molecule has 1 amide bonds. The maximum absolute atomic E-state index is 12.0. The van der Waals surface area contributed by atoms with Gasteiger partial charge in [0.1, 0.15) is 5.76 Å². The van der Waals surface area contributed by atoms with Crippen molar-refractivity contribution in [2.75, 3.05) is 0 Å². The predicted octanol–water partition coefficient (Wildman–Crippen LogP) is 2.36. The van der Waals surface area contributed by atoms with Crippen molar-refractivity contribution in [2.24, 2.45) is 5.41 Å². The van der Waals surface area contributed by atoms with E-state index in [1.54, 1.807) is 20.8 Å². The molecule has 6 heteroatoms. The molecule has 0 fully saturated rings. The minimum Gasteiger partial charge on any atom is -0.481 e. The summed E-state index contributed by atoms with van der Waals surface area (Å²) in [5.74, 6) is -0.398. The third-order valence-electron chi connectivity index (χ3n) is 3.17. The van der Waals surface area contributed by atoms with E-state index in [0.29, 0.717) is 5.76 Å². The summed E-state index contributed by atoms with van der Waals surface area (Å²) in [4.78, 5) is 22.8. The summed E-state index contributed by atoms with van der Waals surface area (Å²) in [6, 6.07) is -0.214. The van der Waals surface area contributed by atoms with E-state index in [4.69, 9.17) is 9.63 Å². The van der Waals surface area contributed by atoms with E-state index in [-0.39, 0.29) is 24.8 Å². The van der Waals surface area contributed by atoms with Crippen molar-refractivity contribution in [3.05, 3.63) is 17.0 Å². The number of carboxylic acid groups (broad SMARTS) is 1. The van der Waals surface area contributed by atoms with Crippen molar-refractivity contribution < 1.29 is 19.2 Å². The molecule has 0 radical (unpaired) electrons. The molecule has 1 heterocycles. The molecule has 0 saturated carbocycles. The number of hydrogen-bond acceptors (Lipinski definition) is 4. The number of aryl methyl sites for hydroxylation is 2. The molecule has 1 atom stereocenters. The van der Waals surface area contributed by atoms with Crippen molar-refractivity contribution in [3.63, 3.8) is 0 Å². The van der Waals surface area contributed by atoms with Crippen LogP contribution in [0.1, 0.15) is 56.7 Å². The second-order valence-electron chi connectivity index (χ2n) is 5.94. The topological polar surface area (TPSA) is 92.4 Å². The molecule has 1 aromatic heterocycles. The van der Waals surface area contributed by atoms with Gasteiger partial charge in [-0.2, -0.15) is 0 Å². The summed E-state index contributed by atoms with van der Waals surface area (Å²) < 4.78 is 5.07. The number of carbonyl (C=O) groups is 2. The molecule has 0 aliphatic heterocycles. The first-order chi connectivity index (χ1) is 9.12. The highest BCUT2D eigenvalue weighted by atomic mass is 16.5. The van der Waals surface area contributed by atoms with Gasteiger partial charge in [-0.05, 0) is 26.2 Å². The normalized spacial score (nSPS) is 13.1. The van der Waals surface area contributed by atoms with Crippen LogP contribution in [0.25, 0.3) is 0 Å². The van der Waals surface area contributed by atoms with E-state index in [1.807, 2.05) is 13.8 Å². The van der Waals surface area contributed by atoms with Gasteiger partial charge < -0.3 is 14.9 Å². The third-order valence-corrected chi connectivity index (χ3v) is 3.17. The van der Waals surface area contributed by atoms with E-state index < -0.39 is 11.4 Å². The predicted molar refractivity (Wildman–Crippen MR) is 73.2 cm³/mol. The maximum atomic E-state index is 12.0. The van der Waals surface area contributed by atoms with E-state index in [0.717, 1.165) is 11.3 Å². The fourth-order valence-electron chi connectivity index (χ4n) is 2.38. The zero-order valence-electron chi connectivity index (χ0n) is 12.6. The molecular weight excluding hydrogens is 260 g/mol. The molecule has 6 nitrogen and oxygen atoms in total. The monoisotopic (exact) mass is 282 g/mol. The summed E-state index contributed by atoms with van der Waals surface area (Å²) in [6.45, 7) is 9.01. The number of hydrogen-bond donors (Lipinski definition) is 2. The van der Waals surface area contributed by atoms with Gasteiger partial charge in [0.25, 0.3) is 0 Å². The van der Waals surface area contributed by atoms with Crippen LogP contribution >= 0.6 is 0 Å². The quantitative estimate of drug-likeness (QED) is 0.835. The molecule has 0 aromatic carbocycles. The molecular formula is C14H22N2O4. The molecule has 0 bridgehead atoms. The number of aliphatic carboxylic acids is 1. The van der Waals surface area contributed by atoms with E-state index >= 15 is 0 Å². The SMILES string of the molecule is Cc1noc(C)c1C(C)NC(=O)CC(C)(C)CC(=O)O. The molecule has 2 N–H and O–H groups in total. The zero-order chi connectivity index (χ0) is 15.5. The van der Waals surface area contributed by atoms with Gasteiger partial charge in [0.2, 0.25) is 5.91 Å². The van der Waals surface area contributed by atoms with Gasteiger partial charge in [0.15, 0.2) is 0 Å². The average Bonchev–Trinajstić information content (AvgIpc) is 2.54. The fourth-order valence-corrected chi connectivity index (χ4v) is 2.38. The summed E-state index contributed by atoms with van der Waals surface area (Å²) >= 11 is 0. The number of rotatable bonds is 6. The Hall–Kier alpha value is -1.85. The van der Waals surface area contributed by atoms with Gasteiger partial charge in [-0.3, -0.25) is 9.59 Å². The second-order valence-corrected chi connectivity index (χ2v) is 5.94. The van der Waals surface area contributed by atoms with Crippen LogP contribution < -0.4 is 5.32 Å². The Morgan fingerprint density at radius 1 is 1.35 bits per heavy atom. The van der Waals surface area contributed by atoms with Crippen LogP contribution in [0.15, 0.2) is 4.52 Å². The Morgan fingerprint density at radius 2 is 1.95 bits per heavy atom. The van der Waals surface area contributed by atoms with Gasteiger partial charge in [-0.15, -0.1) is 0 Å². The van der Waals surface area contributed by atoms with Crippen molar-refractivity contribution in [1.29, 1.82) is 0 Å². The molecule has 112 valence electrons. The molecule has 0 spiro atoms. The Kier molecular flexibility index (Phi) is 4.92. The lowest BCUT2D eigenvalue weighted by Crippen LogP contribution is -2.32. The zero-order valence-corrected chi connectivity index (χ0v) is 12.6. The minimum atomic E-state index is -0.901. The molecule has 0 aliphatic carbocycles. The molecule has 0 saturated heterocycles. The summed E-state index contributed by atoms with van der Waals surface area (Å²) in [7, 11) is 0. The fraction of sp³-hybridized carbons (Fsp3) is 0.643. The van der Waals surface area contributed by atoms with Crippen LogP contribution in [0, 0.1) is 19.3 Å². The lowest BCUT2D eigenvalue weighted by molar-refractivity contribution is -0.139. The van der Waals surface area contributed by atoms with Crippen LogP contribution in [-0.4, -0.2) is 22.1 Å². The number of aromatic nitrogens is 1. The molecule has 1 aromatic rings. The van der Waals surface area contributed by atoms with Crippen LogP contribution in [0.4, 0.5) is 0 Å². The van der Waals surface area contributed by atoms with E-state index in [9.17, 15) is 9.59 Å². The first-order valence-electron chi connectivity index (χ1n) is 6.56. The molecule has 20 heavy (non-hydrogen) atoms. The van der Waals surface area contributed by atoms with E-state index in [1.165, 1.54) is 0 Å². The molecule has 1 unspecified atom stereocenters. The summed E-state index contributed by atoms with van der Waals surface area (Å²) in [5, 5.41) is 15.5. The highest BCUT2D eigenvalue weighted by Crippen LogP contribution is 2.26. The Balaban J connectivity index is 2.65. The summed E-state index contributed by atoms with van der Waals surface area (Å²) in [5.41, 5.74) is 1.04. The van der Waals surface area contributed by atoms with Crippen LogP contribution in [0.5, 0.6) is 0 Å². The minimum absolute atomic E-state index is 0.0415. The smallest absolute Gasteiger partial charge is 0.303 e. The average molecular weight is 282 g/mol. The van der Waals surface area contributed by atoms with Crippen LogP contribution in [0.3, 0.4) is 0 Å². The Labute approximate surface area is 118 Å². The third kappa shape index (κ3) is 4.36. The van der Waals surface area contributed by atoms with Crippen molar-refractivity contribution >= 4 is 11.9 Å².